The zero-order valence-electron chi connectivity index (χ0n) is 13.3. The van der Waals surface area contributed by atoms with Crippen LogP contribution < -0.4 is 0 Å². The molecule has 3 heterocycles. The van der Waals surface area contributed by atoms with Crippen molar-refractivity contribution in [1.82, 2.24) is 4.90 Å². The average Bonchev–Trinajstić information content (AvgIpc) is 2.38. The molecule has 0 spiro atoms. The predicted molar refractivity (Wildman–Crippen MR) is 80.3 cm³/mol. The summed E-state index contributed by atoms with van der Waals surface area (Å²) in [6, 6.07) is 0. The summed E-state index contributed by atoms with van der Waals surface area (Å²) in [6.45, 7) is 17.0. The van der Waals surface area contributed by atoms with E-state index in [0.29, 0.717) is 0 Å². The minimum Gasteiger partial charge on any atom is -0.376 e. The van der Waals surface area contributed by atoms with Gasteiger partial charge in [-0.1, -0.05) is 6.42 Å². The Morgan fingerprint density at radius 3 is 2.05 bits per heavy atom. The molecule has 0 aromatic rings. The molecule has 3 nitrogen and oxygen atoms in total. The third kappa shape index (κ3) is 5.05. The van der Waals surface area contributed by atoms with E-state index in [9.17, 15) is 0 Å². The van der Waals surface area contributed by atoms with Crippen LogP contribution in [0.4, 0.5) is 0 Å². The number of nitrogens with zero attached hydrogens (tertiary/aromatic N) is 2. The Labute approximate surface area is 119 Å². The molecule has 3 heteroatoms. The summed E-state index contributed by atoms with van der Waals surface area (Å²) in [4.78, 5) is 2.63. The Morgan fingerprint density at radius 1 is 0.895 bits per heavy atom. The van der Waals surface area contributed by atoms with Crippen molar-refractivity contribution in [2.24, 2.45) is 0 Å². The highest BCUT2D eigenvalue weighted by Gasteiger charge is 2.37. The third-order valence-electron chi connectivity index (χ3n) is 4.73. The molecule has 0 radical (unpaired) electrons. The van der Waals surface area contributed by atoms with Crippen molar-refractivity contribution in [2.45, 2.75) is 52.1 Å². The molecule has 3 fully saturated rings. The van der Waals surface area contributed by atoms with Crippen molar-refractivity contribution in [3.8, 4) is 0 Å². The summed E-state index contributed by atoms with van der Waals surface area (Å²) in [6.07, 6.45) is 5.36. The van der Waals surface area contributed by atoms with E-state index in [0.717, 1.165) is 6.61 Å². The molecule has 3 aliphatic heterocycles. The second kappa shape index (κ2) is 6.55. The van der Waals surface area contributed by atoms with Crippen LogP contribution >= 0.6 is 0 Å². The molecule has 19 heavy (non-hydrogen) atoms. The monoisotopic (exact) mass is 269 g/mol. The molecular weight excluding hydrogens is 236 g/mol. The molecule has 3 aliphatic rings. The Bertz CT molecular complexity index is 251. The molecule has 0 unspecified atom stereocenters. The minimum atomic E-state index is 0.0337. The van der Waals surface area contributed by atoms with Crippen molar-refractivity contribution < 1.29 is 9.22 Å². The zero-order valence-corrected chi connectivity index (χ0v) is 13.3. The molecule has 0 amide bonds. The Hall–Kier alpha value is -0.120. The van der Waals surface area contributed by atoms with Gasteiger partial charge in [0, 0.05) is 26.2 Å². The lowest BCUT2D eigenvalue weighted by Crippen LogP contribution is -2.67. The third-order valence-corrected chi connectivity index (χ3v) is 4.73. The molecular formula is C16H33N2O+. The topological polar surface area (TPSA) is 12.5 Å². The lowest BCUT2D eigenvalue weighted by atomic mass is 10.1. The standard InChI is InChI=1S/C16H33N2O/c1-16(2,3)19-15-7-5-4-6-11-18-12-8-17(9-13-18)10-14-18/h4-15H2,1-3H3/q+1. The van der Waals surface area contributed by atoms with E-state index in [-0.39, 0.29) is 5.60 Å². The number of ether oxygens (including phenoxy) is 1. The number of hydrogen-bond donors (Lipinski definition) is 0. The van der Waals surface area contributed by atoms with Crippen molar-refractivity contribution in [2.75, 3.05) is 52.4 Å². The quantitative estimate of drug-likeness (QED) is 0.520. The fraction of sp³-hybridized carbons (Fsp3) is 1.00. The fourth-order valence-corrected chi connectivity index (χ4v) is 3.35. The minimum absolute atomic E-state index is 0.0337. The first-order valence-electron chi connectivity index (χ1n) is 8.21. The van der Waals surface area contributed by atoms with Gasteiger partial charge in [-0.3, -0.25) is 4.90 Å². The van der Waals surface area contributed by atoms with E-state index in [1.165, 1.54) is 76.0 Å². The molecule has 0 N–H and O–H groups in total. The first kappa shape index (κ1) is 15.3. The van der Waals surface area contributed by atoms with Gasteiger partial charge in [0.25, 0.3) is 0 Å². The van der Waals surface area contributed by atoms with Gasteiger partial charge in [-0.2, -0.15) is 0 Å². The Morgan fingerprint density at radius 2 is 1.47 bits per heavy atom. The lowest BCUT2D eigenvalue weighted by Gasteiger charge is -2.50. The maximum Gasteiger partial charge on any atom is 0.0916 e. The largest absolute Gasteiger partial charge is 0.376 e. The lowest BCUT2D eigenvalue weighted by molar-refractivity contribution is -0.941. The smallest absolute Gasteiger partial charge is 0.0916 e. The van der Waals surface area contributed by atoms with E-state index in [4.69, 9.17) is 4.74 Å². The summed E-state index contributed by atoms with van der Waals surface area (Å²) in [5, 5.41) is 0. The van der Waals surface area contributed by atoms with Crippen molar-refractivity contribution in [1.29, 1.82) is 0 Å². The van der Waals surface area contributed by atoms with Crippen LogP contribution in [0.15, 0.2) is 0 Å². The van der Waals surface area contributed by atoms with Crippen LogP contribution in [0.25, 0.3) is 0 Å². The highest BCUT2D eigenvalue weighted by molar-refractivity contribution is 4.70. The van der Waals surface area contributed by atoms with E-state index >= 15 is 0 Å². The van der Waals surface area contributed by atoms with Crippen LogP contribution in [0.5, 0.6) is 0 Å². The highest BCUT2D eigenvalue weighted by atomic mass is 16.5. The second-order valence-corrected chi connectivity index (χ2v) is 7.45. The Kier molecular flexibility index (Phi) is 5.27. The Balaban J connectivity index is 1.50. The fourth-order valence-electron chi connectivity index (χ4n) is 3.35. The summed E-state index contributed by atoms with van der Waals surface area (Å²) in [5.74, 6) is 0. The number of hydrogen-bond acceptors (Lipinski definition) is 2. The van der Waals surface area contributed by atoms with Crippen LogP contribution in [0.1, 0.15) is 46.5 Å². The number of rotatable bonds is 7. The van der Waals surface area contributed by atoms with E-state index in [1.807, 2.05) is 0 Å². The predicted octanol–water partition coefficient (Wildman–Crippen LogP) is 2.51. The molecule has 2 bridgehead atoms. The van der Waals surface area contributed by atoms with Crippen molar-refractivity contribution >= 4 is 0 Å². The maximum atomic E-state index is 5.76. The van der Waals surface area contributed by atoms with Gasteiger partial charge in [-0.15, -0.1) is 0 Å². The molecule has 0 aliphatic carbocycles. The molecule has 0 saturated carbocycles. The van der Waals surface area contributed by atoms with Gasteiger partial charge in [0.15, 0.2) is 0 Å². The second-order valence-electron chi connectivity index (χ2n) is 7.45. The van der Waals surface area contributed by atoms with Gasteiger partial charge in [0.05, 0.1) is 31.8 Å². The van der Waals surface area contributed by atoms with E-state index in [2.05, 4.69) is 25.7 Å². The van der Waals surface area contributed by atoms with Gasteiger partial charge in [0.1, 0.15) is 0 Å². The van der Waals surface area contributed by atoms with Gasteiger partial charge in [0.2, 0.25) is 0 Å². The molecule has 0 atom stereocenters. The number of quaternary nitrogens is 1. The first-order chi connectivity index (χ1) is 8.99. The number of fused-ring (bicyclic) bond motifs is 3. The molecule has 3 saturated heterocycles. The van der Waals surface area contributed by atoms with Gasteiger partial charge < -0.3 is 9.22 Å². The van der Waals surface area contributed by atoms with Crippen molar-refractivity contribution in [3.05, 3.63) is 0 Å². The van der Waals surface area contributed by atoms with Crippen LogP contribution in [-0.2, 0) is 4.74 Å². The first-order valence-corrected chi connectivity index (χ1v) is 8.21. The van der Waals surface area contributed by atoms with Crippen LogP contribution in [0, 0.1) is 0 Å². The number of piperazine rings is 3. The molecule has 112 valence electrons. The molecule has 0 aromatic carbocycles. The van der Waals surface area contributed by atoms with E-state index in [1.54, 1.807) is 0 Å². The van der Waals surface area contributed by atoms with Crippen molar-refractivity contribution in [3.63, 3.8) is 0 Å². The summed E-state index contributed by atoms with van der Waals surface area (Å²) >= 11 is 0. The van der Waals surface area contributed by atoms with Crippen LogP contribution in [-0.4, -0.2) is 67.4 Å². The average molecular weight is 269 g/mol. The van der Waals surface area contributed by atoms with Gasteiger partial charge in [-0.05, 0) is 40.0 Å². The maximum absolute atomic E-state index is 5.76. The normalized spacial score (nSPS) is 30.8. The summed E-state index contributed by atoms with van der Waals surface area (Å²) < 4.78 is 7.19. The summed E-state index contributed by atoms with van der Waals surface area (Å²) in [7, 11) is 0. The van der Waals surface area contributed by atoms with Gasteiger partial charge in [-0.25, -0.2) is 0 Å². The molecule has 3 rings (SSSR count). The van der Waals surface area contributed by atoms with E-state index < -0.39 is 0 Å². The van der Waals surface area contributed by atoms with Crippen LogP contribution in [0.2, 0.25) is 0 Å². The zero-order chi connectivity index (χ0) is 13.8. The summed E-state index contributed by atoms with van der Waals surface area (Å²) in [5.41, 5.74) is 0.0337. The highest BCUT2D eigenvalue weighted by Crippen LogP contribution is 2.20. The SMILES string of the molecule is CC(C)(C)OCCCCCC[N+]12CCN(CC1)CC2. The number of unbranched alkanes of at least 4 members (excludes halogenated alkanes) is 3. The van der Waals surface area contributed by atoms with Gasteiger partial charge >= 0.3 is 0 Å². The molecule has 0 aromatic heterocycles. The van der Waals surface area contributed by atoms with Crippen LogP contribution in [0.3, 0.4) is 0 Å².